The summed E-state index contributed by atoms with van der Waals surface area (Å²) in [7, 11) is 3.55. The van der Waals surface area contributed by atoms with Gasteiger partial charge < -0.3 is 10.1 Å². The maximum Gasteiger partial charge on any atom is 0.234 e. The number of benzene rings is 1. The number of nitrogens with zero attached hydrogens (tertiary/aromatic N) is 4. The number of nitrogens with one attached hydrogen (secondary N) is 1. The van der Waals surface area contributed by atoms with Gasteiger partial charge in [-0.25, -0.2) is 9.97 Å². The molecule has 0 radical (unpaired) electrons. The third-order valence-corrected chi connectivity index (χ3v) is 4.42. The van der Waals surface area contributed by atoms with Crippen LogP contribution in [0.4, 0.5) is 5.69 Å². The molecule has 0 aliphatic rings. The topological polar surface area (TPSA) is 64.3 Å². The zero-order valence-electron chi connectivity index (χ0n) is 14.9. The Balaban J connectivity index is 2.03. The van der Waals surface area contributed by atoms with Gasteiger partial charge in [0.15, 0.2) is 0 Å². The van der Waals surface area contributed by atoms with Gasteiger partial charge in [0.2, 0.25) is 5.78 Å². The van der Waals surface area contributed by atoms with Crippen LogP contribution in [0.1, 0.15) is 5.56 Å². The lowest BCUT2D eigenvalue weighted by Crippen LogP contribution is -1.96. The summed E-state index contributed by atoms with van der Waals surface area (Å²) in [4.78, 5) is 13.4. The molecular weight excluding hydrogens is 326 g/mol. The number of pyridine rings is 1. The fourth-order valence-corrected chi connectivity index (χ4v) is 3.14. The molecule has 6 heteroatoms. The van der Waals surface area contributed by atoms with Crippen LogP contribution in [-0.4, -0.2) is 33.5 Å². The van der Waals surface area contributed by atoms with Crippen LogP contribution in [-0.2, 0) is 0 Å². The number of rotatable bonds is 4. The molecule has 0 unspecified atom stereocenters. The van der Waals surface area contributed by atoms with Crippen molar-refractivity contribution in [1.82, 2.24) is 19.4 Å². The number of fused-ring (bicyclic) bond motifs is 1. The molecule has 1 N–H and O–H groups in total. The van der Waals surface area contributed by atoms with Gasteiger partial charge in [-0.1, -0.05) is 0 Å². The minimum Gasteiger partial charge on any atom is -0.495 e. The van der Waals surface area contributed by atoms with E-state index in [9.17, 15) is 0 Å². The lowest BCUT2D eigenvalue weighted by molar-refractivity contribution is 0.416. The minimum absolute atomic E-state index is 0.663. The fraction of sp³-hybridized carbons (Fsp3) is 0.150. The molecule has 0 amide bonds. The highest BCUT2D eigenvalue weighted by molar-refractivity contribution is 5.84. The molecule has 0 saturated heterocycles. The molecule has 0 spiro atoms. The molecule has 4 aromatic rings. The summed E-state index contributed by atoms with van der Waals surface area (Å²) in [5, 5.41) is 3.19. The monoisotopic (exact) mass is 345 g/mol. The van der Waals surface area contributed by atoms with Crippen LogP contribution in [0.2, 0.25) is 0 Å². The van der Waals surface area contributed by atoms with Gasteiger partial charge in [0.25, 0.3) is 0 Å². The van der Waals surface area contributed by atoms with Crippen molar-refractivity contribution in [3.8, 4) is 28.3 Å². The van der Waals surface area contributed by atoms with Crippen LogP contribution < -0.4 is 10.1 Å². The molecule has 130 valence electrons. The van der Waals surface area contributed by atoms with E-state index in [4.69, 9.17) is 9.72 Å². The van der Waals surface area contributed by atoms with Crippen molar-refractivity contribution in [1.29, 1.82) is 0 Å². The van der Waals surface area contributed by atoms with Crippen molar-refractivity contribution in [2.75, 3.05) is 19.5 Å². The molecule has 6 nitrogen and oxygen atoms in total. The predicted molar refractivity (Wildman–Crippen MR) is 102 cm³/mol. The van der Waals surface area contributed by atoms with Crippen molar-refractivity contribution in [3.05, 3.63) is 60.7 Å². The van der Waals surface area contributed by atoms with E-state index in [1.165, 1.54) is 0 Å². The van der Waals surface area contributed by atoms with Crippen LogP contribution in [0, 0.1) is 6.92 Å². The molecule has 4 rings (SSSR count). The Kier molecular flexibility index (Phi) is 4.01. The summed E-state index contributed by atoms with van der Waals surface area (Å²) in [6, 6.07) is 9.96. The van der Waals surface area contributed by atoms with Crippen LogP contribution in [0.3, 0.4) is 0 Å². The zero-order valence-corrected chi connectivity index (χ0v) is 14.9. The maximum absolute atomic E-state index is 5.42. The highest BCUT2D eigenvalue weighted by atomic mass is 16.5. The molecule has 0 bridgehead atoms. The van der Waals surface area contributed by atoms with Gasteiger partial charge in [0, 0.05) is 43.0 Å². The Morgan fingerprint density at radius 1 is 1.15 bits per heavy atom. The van der Waals surface area contributed by atoms with Crippen LogP contribution >= 0.6 is 0 Å². The Bertz CT molecular complexity index is 1090. The predicted octanol–water partition coefficient (Wildman–Crippen LogP) is 3.82. The molecule has 0 atom stereocenters. The van der Waals surface area contributed by atoms with Gasteiger partial charge in [-0.2, -0.15) is 0 Å². The molecule has 1 aromatic carbocycles. The summed E-state index contributed by atoms with van der Waals surface area (Å²) in [6.45, 7) is 2.04. The van der Waals surface area contributed by atoms with Crippen molar-refractivity contribution in [2.24, 2.45) is 0 Å². The molecule has 3 aromatic heterocycles. The van der Waals surface area contributed by atoms with E-state index in [-0.39, 0.29) is 0 Å². The smallest absolute Gasteiger partial charge is 0.234 e. The van der Waals surface area contributed by atoms with Crippen molar-refractivity contribution < 1.29 is 4.74 Å². The van der Waals surface area contributed by atoms with E-state index in [0.717, 1.165) is 39.5 Å². The lowest BCUT2D eigenvalue weighted by Gasteiger charge is -2.12. The van der Waals surface area contributed by atoms with Gasteiger partial charge in [-0.05, 0) is 42.8 Å². The minimum atomic E-state index is 0.663. The summed E-state index contributed by atoms with van der Waals surface area (Å²) < 4.78 is 7.43. The highest BCUT2D eigenvalue weighted by Gasteiger charge is 2.18. The third kappa shape index (κ3) is 2.56. The summed E-state index contributed by atoms with van der Waals surface area (Å²) in [5.74, 6) is 1.46. The number of anilines is 1. The number of ether oxygens (including phenoxy) is 1. The number of aryl methyl sites for hydroxylation is 1. The lowest BCUT2D eigenvalue weighted by atomic mass is 10.0. The summed E-state index contributed by atoms with van der Waals surface area (Å²) >= 11 is 0. The first-order chi connectivity index (χ1) is 12.7. The van der Waals surface area contributed by atoms with E-state index in [1.807, 2.05) is 55.0 Å². The Hall–Kier alpha value is -3.41. The average molecular weight is 345 g/mol. The first-order valence-corrected chi connectivity index (χ1v) is 8.33. The van der Waals surface area contributed by atoms with Crippen molar-refractivity contribution in [2.45, 2.75) is 6.92 Å². The normalized spacial score (nSPS) is 10.9. The molecule has 0 saturated carbocycles. The van der Waals surface area contributed by atoms with E-state index in [2.05, 4.69) is 21.4 Å². The summed E-state index contributed by atoms with van der Waals surface area (Å²) in [5.41, 5.74) is 5.93. The molecule has 0 aliphatic heterocycles. The van der Waals surface area contributed by atoms with Gasteiger partial charge >= 0.3 is 0 Å². The second kappa shape index (κ2) is 6.48. The maximum atomic E-state index is 5.42. The Labute approximate surface area is 151 Å². The standard InChI is InChI=1S/C20H19N5O/c1-13-12-22-9-7-15(13)18-19(25-10-4-8-23-20(25)24-18)14-5-6-17(26-3)16(11-14)21-2/h4-12,21H,1-3H3. The SMILES string of the molecule is CNc1cc(-c2c(-c3ccncc3C)nc3ncccn23)ccc1OC. The fourth-order valence-electron chi connectivity index (χ4n) is 3.14. The van der Waals surface area contributed by atoms with E-state index in [1.54, 1.807) is 19.5 Å². The zero-order chi connectivity index (χ0) is 18.1. The number of aromatic nitrogens is 4. The largest absolute Gasteiger partial charge is 0.495 e. The second-order valence-corrected chi connectivity index (χ2v) is 5.95. The first-order valence-electron chi connectivity index (χ1n) is 8.33. The van der Waals surface area contributed by atoms with E-state index < -0.39 is 0 Å². The number of hydrogen-bond acceptors (Lipinski definition) is 5. The number of hydrogen-bond donors (Lipinski definition) is 1. The molecular formula is C20H19N5O. The molecule has 0 aliphatic carbocycles. The number of methoxy groups -OCH3 is 1. The molecule has 26 heavy (non-hydrogen) atoms. The molecule has 0 fully saturated rings. The van der Waals surface area contributed by atoms with Crippen molar-refractivity contribution >= 4 is 11.5 Å². The van der Waals surface area contributed by atoms with Crippen LogP contribution in [0.25, 0.3) is 28.3 Å². The highest BCUT2D eigenvalue weighted by Crippen LogP contribution is 2.36. The first kappa shape index (κ1) is 16.1. The van der Waals surface area contributed by atoms with Crippen molar-refractivity contribution in [3.63, 3.8) is 0 Å². The van der Waals surface area contributed by atoms with E-state index >= 15 is 0 Å². The second-order valence-electron chi connectivity index (χ2n) is 5.95. The van der Waals surface area contributed by atoms with Crippen LogP contribution in [0.5, 0.6) is 5.75 Å². The Morgan fingerprint density at radius 3 is 2.81 bits per heavy atom. The Morgan fingerprint density at radius 2 is 2.04 bits per heavy atom. The molecule has 3 heterocycles. The average Bonchev–Trinajstić information content (AvgIpc) is 3.07. The quantitative estimate of drug-likeness (QED) is 0.609. The van der Waals surface area contributed by atoms with Gasteiger partial charge in [-0.3, -0.25) is 9.38 Å². The van der Waals surface area contributed by atoms with Gasteiger partial charge in [-0.15, -0.1) is 0 Å². The van der Waals surface area contributed by atoms with Gasteiger partial charge in [0.1, 0.15) is 5.75 Å². The third-order valence-electron chi connectivity index (χ3n) is 4.42. The summed E-state index contributed by atoms with van der Waals surface area (Å²) in [6.07, 6.45) is 7.37. The van der Waals surface area contributed by atoms with Gasteiger partial charge in [0.05, 0.1) is 24.2 Å². The number of imidazole rings is 1. The van der Waals surface area contributed by atoms with Crippen LogP contribution in [0.15, 0.2) is 55.1 Å². The van der Waals surface area contributed by atoms with E-state index in [0.29, 0.717) is 5.78 Å².